The predicted molar refractivity (Wildman–Crippen MR) is 69.0 cm³/mol. The summed E-state index contributed by atoms with van der Waals surface area (Å²) in [4.78, 5) is 11.2. The first-order valence-corrected chi connectivity index (χ1v) is 7.77. The Morgan fingerprint density at radius 3 is 1.81 bits per heavy atom. The summed E-state index contributed by atoms with van der Waals surface area (Å²) in [5, 5.41) is 11.2. The highest BCUT2D eigenvalue weighted by Gasteiger charge is 2.54. The Morgan fingerprint density at radius 2 is 1.52 bits per heavy atom. The molecule has 0 atom stereocenters. The number of rotatable bonds is 3. The molecule has 118 valence electrons. The van der Waals surface area contributed by atoms with Gasteiger partial charge in [-0.15, -0.1) is 0 Å². The number of halogens is 3. The van der Waals surface area contributed by atoms with Crippen molar-refractivity contribution in [3.63, 3.8) is 0 Å². The largest absolute Gasteiger partial charge is 0.545 e. The first-order valence-electron chi connectivity index (χ1n) is 7.77. The molecule has 4 fully saturated rings. The van der Waals surface area contributed by atoms with E-state index in [1.165, 1.54) is 0 Å². The van der Waals surface area contributed by atoms with E-state index >= 15 is 0 Å². The zero-order valence-electron chi connectivity index (χ0n) is 12.1. The van der Waals surface area contributed by atoms with Crippen LogP contribution in [0, 0.1) is 23.2 Å². The van der Waals surface area contributed by atoms with Crippen molar-refractivity contribution in [3.05, 3.63) is 11.1 Å². The Hall–Kier alpha value is -1.00. The van der Waals surface area contributed by atoms with Crippen molar-refractivity contribution >= 4 is 5.97 Å². The maximum atomic E-state index is 13.2. The Morgan fingerprint density at radius 1 is 1.10 bits per heavy atom. The number of carbonyl (C=O) groups excluding carboxylic acids is 1. The van der Waals surface area contributed by atoms with Crippen LogP contribution < -0.4 is 5.11 Å². The standard InChI is InChI=1S/C16H21F3O2/c1-2-12(13(14(20)21)16(17,18)19)15-6-9-3-10(7-15)5-11(4-9)8-15/h9-11H,2-8H2,1H3,(H,20,21)/p-1. The van der Waals surface area contributed by atoms with Crippen molar-refractivity contribution in [2.75, 3.05) is 0 Å². The minimum absolute atomic E-state index is 0.106. The summed E-state index contributed by atoms with van der Waals surface area (Å²) in [5.74, 6) is -0.618. The lowest BCUT2D eigenvalue weighted by Crippen LogP contribution is -2.48. The molecule has 0 spiro atoms. The van der Waals surface area contributed by atoms with E-state index in [2.05, 4.69) is 0 Å². The average Bonchev–Trinajstić information content (AvgIpc) is 2.31. The Balaban J connectivity index is 2.08. The van der Waals surface area contributed by atoms with Crippen LogP contribution in [0.2, 0.25) is 0 Å². The van der Waals surface area contributed by atoms with Gasteiger partial charge in [0, 0.05) is 0 Å². The molecule has 4 rings (SSSR count). The third-order valence-electron chi connectivity index (χ3n) is 5.82. The average molecular weight is 301 g/mol. The van der Waals surface area contributed by atoms with Gasteiger partial charge < -0.3 is 9.90 Å². The Bertz CT molecular complexity index is 455. The molecular formula is C16H20F3O2-. The number of alkyl halides is 3. The summed E-state index contributed by atoms with van der Waals surface area (Å²) < 4.78 is 39.6. The van der Waals surface area contributed by atoms with Crippen molar-refractivity contribution in [2.24, 2.45) is 23.2 Å². The summed E-state index contributed by atoms with van der Waals surface area (Å²) >= 11 is 0. The molecule has 0 saturated heterocycles. The zero-order valence-corrected chi connectivity index (χ0v) is 12.1. The van der Waals surface area contributed by atoms with Gasteiger partial charge in [0.1, 0.15) is 0 Å². The van der Waals surface area contributed by atoms with Crippen LogP contribution in [-0.2, 0) is 4.79 Å². The zero-order chi connectivity index (χ0) is 15.4. The maximum Gasteiger partial charge on any atom is 0.418 e. The van der Waals surface area contributed by atoms with Crippen molar-refractivity contribution < 1.29 is 23.1 Å². The summed E-state index contributed by atoms with van der Waals surface area (Å²) in [5.41, 5.74) is -1.82. The lowest BCUT2D eigenvalue weighted by molar-refractivity contribution is -0.304. The molecule has 0 amide bonds. The molecule has 0 heterocycles. The van der Waals surface area contributed by atoms with Crippen molar-refractivity contribution in [1.29, 1.82) is 0 Å². The molecule has 21 heavy (non-hydrogen) atoms. The van der Waals surface area contributed by atoms with E-state index in [4.69, 9.17) is 0 Å². The second-order valence-corrected chi connectivity index (χ2v) is 7.19. The molecule has 0 unspecified atom stereocenters. The van der Waals surface area contributed by atoms with Crippen LogP contribution in [-0.4, -0.2) is 12.1 Å². The highest BCUT2D eigenvalue weighted by atomic mass is 19.4. The van der Waals surface area contributed by atoms with Gasteiger partial charge in [0.2, 0.25) is 0 Å². The highest BCUT2D eigenvalue weighted by Crippen LogP contribution is 2.64. The third kappa shape index (κ3) is 2.38. The number of hydrogen-bond donors (Lipinski definition) is 0. The van der Waals surface area contributed by atoms with E-state index in [0.29, 0.717) is 17.8 Å². The normalized spacial score (nSPS) is 39.3. The number of hydrogen-bond acceptors (Lipinski definition) is 2. The molecule has 0 N–H and O–H groups in total. The van der Waals surface area contributed by atoms with Gasteiger partial charge >= 0.3 is 6.18 Å². The molecule has 0 aromatic heterocycles. The SMILES string of the molecule is CCC(=C(C(=O)[O-])C(F)(F)F)C12CC3CC(CC(C3)C1)C2. The molecule has 4 aliphatic carbocycles. The Kier molecular flexibility index (Phi) is 3.37. The monoisotopic (exact) mass is 301 g/mol. The molecule has 4 aliphatic rings. The van der Waals surface area contributed by atoms with Gasteiger partial charge in [-0.05, 0) is 68.1 Å². The lowest BCUT2D eigenvalue weighted by Gasteiger charge is -2.58. The van der Waals surface area contributed by atoms with Gasteiger partial charge in [-0.1, -0.05) is 12.5 Å². The van der Waals surface area contributed by atoms with E-state index in [1.54, 1.807) is 6.92 Å². The summed E-state index contributed by atoms with van der Waals surface area (Å²) in [7, 11) is 0. The van der Waals surface area contributed by atoms with Crippen LogP contribution in [0.5, 0.6) is 0 Å². The highest BCUT2D eigenvalue weighted by molar-refractivity contribution is 5.87. The summed E-state index contributed by atoms with van der Waals surface area (Å²) in [6.07, 6.45) is 0.857. The van der Waals surface area contributed by atoms with Crippen LogP contribution in [0.3, 0.4) is 0 Å². The van der Waals surface area contributed by atoms with Gasteiger partial charge in [-0.3, -0.25) is 0 Å². The molecule has 5 heteroatoms. The number of allylic oxidation sites excluding steroid dienone is 1. The number of aliphatic carboxylic acids is 1. The number of carbonyl (C=O) groups is 1. The topological polar surface area (TPSA) is 40.1 Å². The van der Waals surface area contributed by atoms with Crippen LogP contribution >= 0.6 is 0 Å². The minimum Gasteiger partial charge on any atom is -0.545 e. The molecule has 0 aromatic carbocycles. The van der Waals surface area contributed by atoms with E-state index < -0.39 is 23.1 Å². The molecule has 4 saturated carbocycles. The van der Waals surface area contributed by atoms with Gasteiger partial charge in [-0.25, -0.2) is 0 Å². The molecule has 2 nitrogen and oxygen atoms in total. The fourth-order valence-electron chi connectivity index (χ4n) is 5.71. The molecular weight excluding hydrogens is 281 g/mol. The third-order valence-corrected chi connectivity index (χ3v) is 5.82. The van der Waals surface area contributed by atoms with Crippen molar-refractivity contribution in [3.8, 4) is 0 Å². The van der Waals surface area contributed by atoms with E-state index in [0.717, 1.165) is 38.5 Å². The first kappa shape index (κ1) is 14.9. The maximum absolute atomic E-state index is 13.2. The van der Waals surface area contributed by atoms with E-state index in [1.807, 2.05) is 0 Å². The van der Waals surface area contributed by atoms with E-state index in [-0.39, 0.29) is 12.0 Å². The Labute approximate surface area is 122 Å². The van der Waals surface area contributed by atoms with Crippen molar-refractivity contribution in [1.82, 2.24) is 0 Å². The van der Waals surface area contributed by atoms with Crippen LogP contribution in [0.1, 0.15) is 51.9 Å². The van der Waals surface area contributed by atoms with Crippen LogP contribution in [0.4, 0.5) is 13.2 Å². The van der Waals surface area contributed by atoms with Gasteiger partial charge in [0.15, 0.2) is 0 Å². The van der Waals surface area contributed by atoms with Gasteiger partial charge in [-0.2, -0.15) is 13.2 Å². The second-order valence-electron chi connectivity index (χ2n) is 7.19. The number of carboxylic acid groups (broad SMARTS) is 1. The molecule has 0 aliphatic heterocycles. The lowest BCUT2D eigenvalue weighted by atomic mass is 9.47. The molecule has 4 bridgehead atoms. The van der Waals surface area contributed by atoms with Gasteiger partial charge in [0.25, 0.3) is 0 Å². The quantitative estimate of drug-likeness (QED) is 0.751. The number of carboxylic acids is 1. The summed E-state index contributed by atoms with van der Waals surface area (Å²) in [6.45, 7) is 1.64. The summed E-state index contributed by atoms with van der Waals surface area (Å²) in [6, 6.07) is 0. The molecule has 0 radical (unpaired) electrons. The predicted octanol–water partition coefficient (Wildman–Crippen LogP) is 3.22. The first-order chi connectivity index (χ1) is 9.75. The van der Waals surface area contributed by atoms with Gasteiger partial charge in [0.05, 0.1) is 11.5 Å². The fraction of sp³-hybridized carbons (Fsp3) is 0.812. The fourth-order valence-corrected chi connectivity index (χ4v) is 5.71. The second kappa shape index (κ2) is 4.75. The van der Waals surface area contributed by atoms with Crippen LogP contribution in [0.15, 0.2) is 11.1 Å². The van der Waals surface area contributed by atoms with Crippen molar-refractivity contribution in [2.45, 2.75) is 58.0 Å². The minimum atomic E-state index is -4.83. The van der Waals surface area contributed by atoms with Crippen LogP contribution in [0.25, 0.3) is 0 Å². The van der Waals surface area contributed by atoms with E-state index in [9.17, 15) is 23.1 Å². The molecule has 0 aromatic rings. The smallest absolute Gasteiger partial charge is 0.418 e.